The Bertz CT molecular complexity index is 1400. The minimum Gasteiger partial charge on any atom is -0.258 e. The molecule has 0 radical (unpaired) electrons. The van der Waals surface area contributed by atoms with E-state index in [0.717, 1.165) is 22.3 Å². The molecule has 0 aliphatic rings. The third kappa shape index (κ3) is 6.84. The molecule has 0 fully saturated rings. The Morgan fingerprint density at radius 2 is 1.00 bits per heavy atom. The van der Waals surface area contributed by atoms with Crippen molar-refractivity contribution in [3.05, 3.63) is 137 Å². The molecule has 0 aliphatic carbocycles. The highest BCUT2D eigenvalue weighted by atomic mass is 35.5. The first-order valence-electron chi connectivity index (χ1n) is 10.9. The van der Waals surface area contributed by atoms with E-state index in [2.05, 4.69) is 9.98 Å². The number of hydrogen-bond acceptors (Lipinski definition) is 6. The van der Waals surface area contributed by atoms with Gasteiger partial charge in [0.1, 0.15) is 0 Å². The van der Waals surface area contributed by atoms with Gasteiger partial charge in [-0.05, 0) is 53.9 Å². The van der Waals surface area contributed by atoms with Gasteiger partial charge in [0.2, 0.25) is 0 Å². The second-order valence-corrected chi connectivity index (χ2v) is 8.77. The topological polar surface area (TPSA) is 111 Å². The van der Waals surface area contributed by atoms with Gasteiger partial charge in [-0.15, -0.1) is 0 Å². The van der Waals surface area contributed by atoms with Crippen LogP contribution in [0.25, 0.3) is 0 Å². The lowest BCUT2D eigenvalue weighted by Crippen LogP contribution is -1.93. The molecule has 10 heteroatoms. The largest absolute Gasteiger partial charge is 0.269 e. The zero-order valence-electron chi connectivity index (χ0n) is 19.1. The molecule has 0 amide bonds. The summed E-state index contributed by atoms with van der Waals surface area (Å²) in [5.41, 5.74) is 4.59. The van der Waals surface area contributed by atoms with E-state index in [-0.39, 0.29) is 11.4 Å². The molecule has 0 heterocycles. The second-order valence-electron chi connectivity index (χ2n) is 7.95. The number of nitrogens with zero attached hydrogens (tertiary/aromatic N) is 4. The summed E-state index contributed by atoms with van der Waals surface area (Å²) < 4.78 is 0. The van der Waals surface area contributed by atoms with Crippen LogP contribution in [0.2, 0.25) is 10.0 Å². The summed E-state index contributed by atoms with van der Waals surface area (Å²) in [5.74, 6) is 0. The molecule has 0 unspecified atom stereocenters. The van der Waals surface area contributed by atoms with Crippen molar-refractivity contribution in [1.29, 1.82) is 0 Å². The monoisotopic (exact) mass is 532 g/mol. The molecule has 4 aromatic carbocycles. The number of hydrogen-bond donors (Lipinski definition) is 0. The van der Waals surface area contributed by atoms with Gasteiger partial charge in [0, 0.05) is 57.9 Å². The van der Waals surface area contributed by atoms with Crippen LogP contribution < -0.4 is 0 Å². The minimum absolute atomic E-state index is 0.00578. The first-order chi connectivity index (χ1) is 17.8. The SMILES string of the molecule is O=[N+]([O-])c1ccc(N=Cc2ccc(Cc3ccc(C=Nc4ccc([N+](=O)[O-])cc4)c(Cl)c3)cc2Cl)cc1. The van der Waals surface area contributed by atoms with Crippen molar-refractivity contribution in [2.24, 2.45) is 9.98 Å². The predicted molar refractivity (Wildman–Crippen MR) is 146 cm³/mol. The number of halogens is 2. The van der Waals surface area contributed by atoms with E-state index in [1.54, 1.807) is 36.7 Å². The van der Waals surface area contributed by atoms with E-state index in [1.807, 2.05) is 36.4 Å². The summed E-state index contributed by atoms with van der Waals surface area (Å²) in [7, 11) is 0. The molecule has 37 heavy (non-hydrogen) atoms. The van der Waals surface area contributed by atoms with Gasteiger partial charge in [0.15, 0.2) is 0 Å². The molecule has 0 saturated carbocycles. The van der Waals surface area contributed by atoms with Gasteiger partial charge < -0.3 is 0 Å². The van der Waals surface area contributed by atoms with Crippen LogP contribution in [-0.4, -0.2) is 22.3 Å². The van der Waals surface area contributed by atoms with E-state index in [9.17, 15) is 20.2 Å². The van der Waals surface area contributed by atoms with Gasteiger partial charge in [-0.1, -0.05) is 47.5 Å². The second kappa shape index (κ2) is 11.6. The summed E-state index contributed by atoms with van der Waals surface area (Å²) in [6.45, 7) is 0. The number of benzene rings is 4. The van der Waals surface area contributed by atoms with Crippen molar-refractivity contribution in [3.8, 4) is 0 Å². The molecule has 184 valence electrons. The first-order valence-corrected chi connectivity index (χ1v) is 11.7. The van der Waals surface area contributed by atoms with Crippen molar-refractivity contribution in [2.45, 2.75) is 6.42 Å². The molecular weight excluding hydrogens is 515 g/mol. The predicted octanol–water partition coefficient (Wildman–Crippen LogP) is 7.90. The number of nitro benzene ring substituents is 2. The van der Waals surface area contributed by atoms with Crippen LogP contribution in [0, 0.1) is 20.2 Å². The summed E-state index contributed by atoms with van der Waals surface area (Å²) in [6, 6.07) is 23.2. The van der Waals surface area contributed by atoms with E-state index in [0.29, 0.717) is 27.8 Å². The Morgan fingerprint density at radius 3 is 1.32 bits per heavy atom. The van der Waals surface area contributed by atoms with E-state index < -0.39 is 9.85 Å². The Labute approximate surface area is 221 Å². The summed E-state index contributed by atoms with van der Waals surface area (Å²) in [5, 5.41) is 22.6. The van der Waals surface area contributed by atoms with Crippen molar-refractivity contribution < 1.29 is 9.85 Å². The molecule has 0 N–H and O–H groups in total. The van der Waals surface area contributed by atoms with E-state index >= 15 is 0 Å². The Morgan fingerprint density at radius 1 is 0.622 bits per heavy atom. The fourth-order valence-corrected chi connectivity index (χ4v) is 3.92. The molecule has 4 aromatic rings. The summed E-state index contributed by atoms with van der Waals surface area (Å²) >= 11 is 12.9. The third-order valence-electron chi connectivity index (χ3n) is 5.36. The highest BCUT2D eigenvalue weighted by molar-refractivity contribution is 6.33. The van der Waals surface area contributed by atoms with Gasteiger partial charge in [0.05, 0.1) is 21.2 Å². The Balaban J connectivity index is 1.41. The molecule has 8 nitrogen and oxygen atoms in total. The maximum Gasteiger partial charge on any atom is 0.269 e. The van der Waals surface area contributed by atoms with Crippen LogP contribution in [0.4, 0.5) is 22.7 Å². The number of non-ortho nitro benzene ring substituents is 2. The third-order valence-corrected chi connectivity index (χ3v) is 6.02. The van der Waals surface area contributed by atoms with Crippen LogP contribution in [0.5, 0.6) is 0 Å². The maximum atomic E-state index is 10.8. The molecule has 0 aliphatic heterocycles. The maximum absolute atomic E-state index is 10.8. The molecule has 0 bridgehead atoms. The average Bonchev–Trinajstić information content (AvgIpc) is 2.88. The Kier molecular flexibility index (Phi) is 8.02. The quantitative estimate of drug-likeness (QED) is 0.130. The summed E-state index contributed by atoms with van der Waals surface area (Å²) in [6.07, 6.45) is 3.84. The Hall–Kier alpha value is -4.40. The van der Waals surface area contributed by atoms with Crippen molar-refractivity contribution in [2.75, 3.05) is 0 Å². The molecule has 0 saturated heterocycles. The minimum atomic E-state index is -0.459. The van der Waals surface area contributed by atoms with Gasteiger partial charge in [-0.2, -0.15) is 0 Å². The van der Waals surface area contributed by atoms with Crippen LogP contribution in [0.15, 0.2) is 94.9 Å². The lowest BCUT2D eigenvalue weighted by molar-refractivity contribution is -0.385. The van der Waals surface area contributed by atoms with E-state index in [1.165, 1.54) is 24.3 Å². The van der Waals surface area contributed by atoms with Gasteiger partial charge in [0.25, 0.3) is 11.4 Å². The number of aliphatic imine (C=N–C) groups is 2. The normalized spacial score (nSPS) is 11.3. The van der Waals surface area contributed by atoms with Gasteiger partial charge in [-0.25, -0.2) is 0 Å². The van der Waals surface area contributed by atoms with Gasteiger partial charge in [-0.3, -0.25) is 30.2 Å². The smallest absolute Gasteiger partial charge is 0.258 e. The average molecular weight is 533 g/mol. The van der Waals surface area contributed by atoms with Crippen LogP contribution in [-0.2, 0) is 6.42 Å². The van der Waals surface area contributed by atoms with Crippen LogP contribution >= 0.6 is 23.2 Å². The fourth-order valence-electron chi connectivity index (χ4n) is 3.42. The zero-order valence-corrected chi connectivity index (χ0v) is 20.6. The molecule has 0 spiro atoms. The first kappa shape index (κ1) is 25.7. The fraction of sp³-hybridized carbons (Fsp3) is 0.0370. The summed E-state index contributed by atoms with van der Waals surface area (Å²) in [4.78, 5) is 29.3. The molecule has 4 rings (SSSR count). The van der Waals surface area contributed by atoms with Crippen LogP contribution in [0.3, 0.4) is 0 Å². The lowest BCUT2D eigenvalue weighted by Gasteiger charge is -2.07. The lowest BCUT2D eigenvalue weighted by atomic mass is 10.0. The number of nitro groups is 2. The van der Waals surface area contributed by atoms with Crippen LogP contribution in [0.1, 0.15) is 22.3 Å². The van der Waals surface area contributed by atoms with E-state index in [4.69, 9.17) is 23.2 Å². The zero-order chi connectivity index (χ0) is 26.4. The highest BCUT2D eigenvalue weighted by Crippen LogP contribution is 2.24. The van der Waals surface area contributed by atoms with Crippen molar-refractivity contribution >= 4 is 58.4 Å². The number of rotatable bonds is 8. The standard InChI is InChI=1S/C27H18Cl2N4O4/c28-26-14-18(1-3-20(26)16-30-22-5-9-24(10-6-22)32(34)35)13-19-2-4-21(27(29)15-19)17-31-23-7-11-25(12-8-23)33(36)37/h1-12,14-17H,13H2. The molecular formula is C27H18Cl2N4O4. The van der Waals surface area contributed by atoms with Crippen molar-refractivity contribution in [3.63, 3.8) is 0 Å². The molecule has 0 atom stereocenters. The van der Waals surface area contributed by atoms with Crippen molar-refractivity contribution in [1.82, 2.24) is 0 Å². The molecule has 0 aromatic heterocycles. The van der Waals surface area contributed by atoms with Gasteiger partial charge >= 0.3 is 0 Å². The highest BCUT2D eigenvalue weighted by Gasteiger charge is 2.07.